The number of hydrogen-bond donors (Lipinski definition) is 6. The molecule has 496 valence electrons. The van der Waals surface area contributed by atoms with Crippen molar-refractivity contribution in [3.63, 3.8) is 0 Å². The number of unbranched alkanes of at least 4 members (excludes halogenated alkanes) is 40. The number of rotatable bonds is 62. The first-order valence-electron chi connectivity index (χ1n) is 36.1. The van der Waals surface area contributed by atoms with Gasteiger partial charge in [-0.25, -0.2) is 0 Å². The highest BCUT2D eigenvalue weighted by atomic mass is 16.7. The molecule has 1 heterocycles. The van der Waals surface area contributed by atoms with Gasteiger partial charge in [-0.3, -0.25) is 9.59 Å². The van der Waals surface area contributed by atoms with Crippen LogP contribution >= 0.6 is 0 Å². The van der Waals surface area contributed by atoms with E-state index in [9.17, 15) is 35.1 Å². The van der Waals surface area contributed by atoms with E-state index in [0.717, 1.165) is 77.0 Å². The molecule has 1 aliphatic rings. The molecule has 8 atom stereocenters. The van der Waals surface area contributed by atoms with Gasteiger partial charge in [0.15, 0.2) is 12.4 Å². The molecule has 1 aliphatic heterocycles. The van der Waals surface area contributed by atoms with Crippen molar-refractivity contribution in [1.29, 1.82) is 0 Å². The molecule has 0 radical (unpaired) electrons. The van der Waals surface area contributed by atoms with Crippen LogP contribution in [0.2, 0.25) is 0 Å². The molecule has 1 rings (SSSR count). The molecule has 11 heteroatoms. The van der Waals surface area contributed by atoms with Crippen LogP contribution in [-0.4, -0.2) is 99.6 Å². The van der Waals surface area contributed by atoms with Crippen LogP contribution in [0.4, 0.5) is 0 Å². The minimum absolute atomic E-state index is 0.122. The van der Waals surface area contributed by atoms with Crippen LogP contribution in [0.15, 0.2) is 60.8 Å². The SMILES string of the molecule is CCCCC/C=C\C/C=C\C/C=C\C/C=C\CCCCC(O)C(=O)NC(COC1OC(CO)C(O)C(O)C1OC(=O)CCCCCCCCCCCCCCCCCCCCCCCCCCCCC)C(O)/C=C/CCCCCCCCCCC. The van der Waals surface area contributed by atoms with E-state index in [1.807, 2.05) is 6.08 Å². The summed E-state index contributed by atoms with van der Waals surface area (Å²) in [4.78, 5) is 26.6. The Bertz CT molecular complexity index is 1620. The van der Waals surface area contributed by atoms with Crippen LogP contribution in [0.1, 0.15) is 335 Å². The monoisotopic (exact) mass is 1200 g/mol. The van der Waals surface area contributed by atoms with Gasteiger partial charge in [-0.15, -0.1) is 0 Å². The molecule has 6 N–H and O–H groups in total. The van der Waals surface area contributed by atoms with Crippen molar-refractivity contribution in [2.75, 3.05) is 13.2 Å². The molecule has 0 aromatic rings. The summed E-state index contributed by atoms with van der Waals surface area (Å²) in [5, 5.41) is 57.1. The van der Waals surface area contributed by atoms with Crippen LogP contribution in [0.25, 0.3) is 0 Å². The summed E-state index contributed by atoms with van der Waals surface area (Å²) in [7, 11) is 0. The summed E-state index contributed by atoms with van der Waals surface area (Å²) in [5.74, 6) is -1.22. The Hall–Kier alpha value is -2.64. The van der Waals surface area contributed by atoms with E-state index >= 15 is 0 Å². The number of amides is 1. The Morgan fingerprint density at radius 3 is 1.24 bits per heavy atom. The highest BCUT2D eigenvalue weighted by molar-refractivity contribution is 5.80. The molecular formula is C74H135NO10. The smallest absolute Gasteiger partial charge is 0.306 e. The van der Waals surface area contributed by atoms with E-state index in [1.54, 1.807) is 6.08 Å². The average molecular weight is 1200 g/mol. The highest BCUT2D eigenvalue weighted by Crippen LogP contribution is 2.26. The second-order valence-electron chi connectivity index (χ2n) is 25.0. The fourth-order valence-corrected chi connectivity index (χ4v) is 11.2. The number of esters is 1. The molecule has 1 saturated heterocycles. The molecule has 0 aromatic heterocycles. The van der Waals surface area contributed by atoms with Gasteiger partial charge < -0.3 is 45.1 Å². The zero-order chi connectivity index (χ0) is 61.7. The van der Waals surface area contributed by atoms with Crippen molar-refractivity contribution in [2.45, 2.75) is 384 Å². The largest absolute Gasteiger partial charge is 0.454 e. The summed E-state index contributed by atoms with van der Waals surface area (Å²) in [6.07, 6.45) is 68.5. The molecule has 1 amide bonds. The first-order valence-corrected chi connectivity index (χ1v) is 36.1. The Morgan fingerprint density at radius 2 is 0.812 bits per heavy atom. The van der Waals surface area contributed by atoms with Crippen molar-refractivity contribution in [1.82, 2.24) is 5.32 Å². The van der Waals surface area contributed by atoms with Gasteiger partial charge in [0, 0.05) is 6.42 Å². The number of ether oxygens (including phenoxy) is 3. The standard InChI is InChI=1S/C74H135NO10/c1-4-7-10-13-16-19-22-24-26-28-30-31-32-33-34-35-36-37-38-40-42-44-47-50-53-56-59-62-69(79)85-72-71(81)70(80)68(63-76)84-74(72)83-64-65(66(77)60-57-54-51-48-45-21-18-15-12-9-6-3)75-73(82)67(78)61-58-55-52-49-46-43-41-39-29-27-25-23-20-17-14-11-8-5-2/h17,20,25,27,39,41,46,49,57,60,65-68,70-72,74,76-78,80-81H,4-16,18-19,21-24,26,28-38,40,42-45,47-48,50-56,58-59,61-64H2,1-3H3,(H,75,82)/b20-17-,27-25-,41-39-,49-46-,60-57+. The van der Waals surface area contributed by atoms with Crippen molar-refractivity contribution in [2.24, 2.45) is 0 Å². The number of nitrogens with one attached hydrogen (secondary N) is 1. The van der Waals surface area contributed by atoms with Crippen LogP contribution in [0, 0.1) is 0 Å². The molecule has 11 nitrogen and oxygen atoms in total. The topological polar surface area (TPSA) is 175 Å². The summed E-state index contributed by atoms with van der Waals surface area (Å²) in [6, 6.07) is -1.04. The Balaban J connectivity index is 2.53. The molecule has 0 aromatic carbocycles. The predicted octanol–water partition coefficient (Wildman–Crippen LogP) is 18.5. The minimum atomic E-state index is -1.62. The van der Waals surface area contributed by atoms with E-state index < -0.39 is 67.4 Å². The lowest BCUT2D eigenvalue weighted by molar-refractivity contribution is -0.305. The molecular weight excluding hydrogens is 1060 g/mol. The lowest BCUT2D eigenvalue weighted by Gasteiger charge is -2.41. The van der Waals surface area contributed by atoms with Crippen molar-refractivity contribution >= 4 is 11.9 Å². The number of hydrogen-bond acceptors (Lipinski definition) is 10. The lowest BCUT2D eigenvalue weighted by atomic mass is 9.99. The fraction of sp³-hybridized carbons (Fsp3) is 0.838. The van der Waals surface area contributed by atoms with Crippen LogP contribution in [-0.2, 0) is 23.8 Å². The summed E-state index contributed by atoms with van der Waals surface area (Å²) < 4.78 is 17.7. The normalized spacial score (nSPS) is 18.7. The Morgan fingerprint density at radius 1 is 0.459 bits per heavy atom. The maximum atomic E-state index is 13.4. The molecule has 0 bridgehead atoms. The number of allylic oxidation sites excluding steroid dienone is 9. The van der Waals surface area contributed by atoms with Crippen molar-refractivity contribution in [3.8, 4) is 0 Å². The molecule has 0 aliphatic carbocycles. The maximum absolute atomic E-state index is 13.4. The Kier molecular flexibility index (Phi) is 58.2. The van der Waals surface area contributed by atoms with Gasteiger partial charge in [-0.1, -0.05) is 319 Å². The van der Waals surface area contributed by atoms with E-state index in [1.165, 1.54) is 212 Å². The first kappa shape index (κ1) is 80.4. The molecule has 85 heavy (non-hydrogen) atoms. The quantitative estimate of drug-likeness (QED) is 0.0195. The Labute approximate surface area is 522 Å². The van der Waals surface area contributed by atoms with Gasteiger partial charge in [0.1, 0.15) is 24.4 Å². The number of carbonyl (C=O) groups excluding carboxylic acids is 2. The van der Waals surface area contributed by atoms with E-state index in [-0.39, 0.29) is 19.4 Å². The minimum Gasteiger partial charge on any atom is -0.454 e. The number of aliphatic hydroxyl groups excluding tert-OH is 5. The third-order valence-corrected chi connectivity index (χ3v) is 16.9. The van der Waals surface area contributed by atoms with E-state index in [2.05, 4.69) is 74.7 Å². The lowest BCUT2D eigenvalue weighted by Crippen LogP contribution is -2.61. The zero-order valence-corrected chi connectivity index (χ0v) is 55.2. The molecule has 1 fully saturated rings. The highest BCUT2D eigenvalue weighted by Gasteiger charge is 2.47. The summed E-state index contributed by atoms with van der Waals surface area (Å²) in [6.45, 7) is 5.77. The molecule has 0 spiro atoms. The molecule has 8 unspecified atom stereocenters. The first-order chi connectivity index (χ1) is 41.7. The van der Waals surface area contributed by atoms with Gasteiger partial charge >= 0.3 is 5.97 Å². The van der Waals surface area contributed by atoms with Crippen LogP contribution < -0.4 is 5.32 Å². The van der Waals surface area contributed by atoms with Gasteiger partial charge in [0.05, 0.1) is 25.4 Å². The van der Waals surface area contributed by atoms with Gasteiger partial charge in [0.2, 0.25) is 5.91 Å². The van der Waals surface area contributed by atoms with E-state index in [0.29, 0.717) is 12.8 Å². The second-order valence-corrected chi connectivity index (χ2v) is 25.0. The summed E-state index contributed by atoms with van der Waals surface area (Å²) in [5.41, 5.74) is 0. The van der Waals surface area contributed by atoms with Crippen LogP contribution in [0.5, 0.6) is 0 Å². The van der Waals surface area contributed by atoms with Crippen molar-refractivity contribution in [3.05, 3.63) is 60.8 Å². The van der Waals surface area contributed by atoms with Gasteiger partial charge in [-0.2, -0.15) is 0 Å². The predicted molar refractivity (Wildman–Crippen MR) is 356 cm³/mol. The molecule has 0 saturated carbocycles. The fourth-order valence-electron chi connectivity index (χ4n) is 11.2. The third-order valence-electron chi connectivity index (χ3n) is 16.9. The van der Waals surface area contributed by atoms with Crippen LogP contribution in [0.3, 0.4) is 0 Å². The van der Waals surface area contributed by atoms with Gasteiger partial charge in [-0.05, 0) is 70.6 Å². The van der Waals surface area contributed by atoms with Crippen molar-refractivity contribution < 1.29 is 49.3 Å². The average Bonchev–Trinajstić information content (AvgIpc) is 3.51. The zero-order valence-electron chi connectivity index (χ0n) is 55.2. The van der Waals surface area contributed by atoms with E-state index in [4.69, 9.17) is 14.2 Å². The van der Waals surface area contributed by atoms with Gasteiger partial charge in [0.25, 0.3) is 0 Å². The number of aliphatic hydroxyl groups is 5. The second kappa shape index (κ2) is 61.6. The third kappa shape index (κ3) is 48.9. The maximum Gasteiger partial charge on any atom is 0.306 e. The number of carbonyl (C=O) groups is 2. The summed E-state index contributed by atoms with van der Waals surface area (Å²) >= 11 is 0.